The summed E-state index contributed by atoms with van der Waals surface area (Å²) in [5.41, 5.74) is 2.59. The fraction of sp³-hybridized carbons (Fsp3) is 0.600. The molecule has 7 nitrogen and oxygen atoms in total. The fourth-order valence-electron chi connectivity index (χ4n) is 1.61. The zero-order valence-electron chi connectivity index (χ0n) is 10.8. The number of nitrogens with two attached hydrogens (primary N) is 1. The molecule has 1 rings (SSSR count). The van der Waals surface area contributed by atoms with E-state index >= 15 is 0 Å². The largest absolute Gasteiger partial charge is 0.461 e. The van der Waals surface area contributed by atoms with E-state index in [1.54, 1.807) is 0 Å². The topological polar surface area (TPSA) is 100 Å². The summed E-state index contributed by atoms with van der Waals surface area (Å²) in [6.07, 6.45) is -4.95. The molecule has 0 saturated carbocycles. The standard InChI is InChI=1S/C10H13F3N4O3/c1-3-5(8(14)18)17-7(10(11,12)13)6(15-16-17)9(19)20-4-2/h5H,3-4H2,1-2H3,(H2,14,18). The van der Waals surface area contributed by atoms with E-state index in [0.29, 0.717) is 4.68 Å². The smallest absolute Gasteiger partial charge is 0.435 e. The van der Waals surface area contributed by atoms with Crippen LogP contribution in [0.5, 0.6) is 0 Å². The summed E-state index contributed by atoms with van der Waals surface area (Å²) >= 11 is 0. The van der Waals surface area contributed by atoms with Gasteiger partial charge in [0, 0.05) is 0 Å². The Hall–Kier alpha value is -2.13. The van der Waals surface area contributed by atoms with Crippen molar-refractivity contribution in [1.82, 2.24) is 15.0 Å². The Morgan fingerprint density at radius 1 is 1.40 bits per heavy atom. The van der Waals surface area contributed by atoms with Gasteiger partial charge in [-0.3, -0.25) is 4.79 Å². The van der Waals surface area contributed by atoms with Crippen molar-refractivity contribution in [3.05, 3.63) is 11.4 Å². The molecule has 1 amide bonds. The van der Waals surface area contributed by atoms with E-state index in [4.69, 9.17) is 5.73 Å². The Morgan fingerprint density at radius 2 is 2.00 bits per heavy atom. The molecule has 2 N–H and O–H groups in total. The van der Waals surface area contributed by atoms with Gasteiger partial charge in [-0.1, -0.05) is 12.1 Å². The summed E-state index contributed by atoms with van der Waals surface area (Å²) < 4.78 is 43.9. The molecule has 1 atom stereocenters. The highest BCUT2D eigenvalue weighted by Gasteiger charge is 2.44. The van der Waals surface area contributed by atoms with E-state index < -0.39 is 35.5 Å². The number of carbonyl (C=O) groups is 2. The molecule has 0 aliphatic carbocycles. The summed E-state index contributed by atoms with van der Waals surface area (Å²) in [5, 5.41) is 6.39. The summed E-state index contributed by atoms with van der Waals surface area (Å²) in [4.78, 5) is 22.6. The Morgan fingerprint density at radius 3 is 2.40 bits per heavy atom. The Bertz CT molecular complexity index is 512. The maximum Gasteiger partial charge on any atom is 0.435 e. The van der Waals surface area contributed by atoms with Crippen molar-refractivity contribution in [2.75, 3.05) is 6.61 Å². The molecule has 0 fully saturated rings. The van der Waals surface area contributed by atoms with Gasteiger partial charge < -0.3 is 10.5 Å². The average molecular weight is 294 g/mol. The molecule has 1 heterocycles. The minimum atomic E-state index is -4.92. The van der Waals surface area contributed by atoms with Gasteiger partial charge in [-0.15, -0.1) is 5.10 Å². The predicted molar refractivity (Wildman–Crippen MR) is 59.5 cm³/mol. The van der Waals surface area contributed by atoms with Crippen molar-refractivity contribution < 1.29 is 27.5 Å². The lowest BCUT2D eigenvalue weighted by Gasteiger charge is -2.16. The number of halogens is 3. The molecule has 0 saturated heterocycles. The van der Waals surface area contributed by atoms with E-state index in [-0.39, 0.29) is 13.0 Å². The number of esters is 1. The Balaban J connectivity index is 3.41. The van der Waals surface area contributed by atoms with E-state index in [0.717, 1.165) is 0 Å². The van der Waals surface area contributed by atoms with Gasteiger partial charge in [0.1, 0.15) is 6.04 Å². The molecule has 0 aromatic carbocycles. The first kappa shape index (κ1) is 15.9. The molecular weight excluding hydrogens is 281 g/mol. The normalized spacial score (nSPS) is 13.1. The summed E-state index contributed by atoms with van der Waals surface area (Å²) in [6.45, 7) is 2.78. The van der Waals surface area contributed by atoms with Crippen molar-refractivity contribution in [2.24, 2.45) is 5.73 Å². The van der Waals surface area contributed by atoms with Gasteiger partial charge >= 0.3 is 12.1 Å². The Labute approximate surface area is 111 Å². The van der Waals surface area contributed by atoms with Crippen LogP contribution in [0.2, 0.25) is 0 Å². The molecule has 0 spiro atoms. The lowest BCUT2D eigenvalue weighted by molar-refractivity contribution is -0.146. The number of aromatic nitrogens is 3. The molecule has 0 aliphatic rings. The first-order chi connectivity index (χ1) is 9.23. The molecular formula is C10H13F3N4O3. The van der Waals surface area contributed by atoms with Gasteiger partial charge in [0.2, 0.25) is 11.6 Å². The number of rotatable bonds is 5. The highest BCUT2D eigenvalue weighted by atomic mass is 19.4. The van der Waals surface area contributed by atoms with E-state index in [9.17, 15) is 22.8 Å². The van der Waals surface area contributed by atoms with Gasteiger partial charge in [-0.25, -0.2) is 9.48 Å². The number of hydrogen-bond donors (Lipinski definition) is 1. The molecule has 0 bridgehead atoms. The molecule has 20 heavy (non-hydrogen) atoms. The minimum Gasteiger partial charge on any atom is -0.461 e. The van der Waals surface area contributed by atoms with Crippen LogP contribution in [0.1, 0.15) is 42.5 Å². The highest BCUT2D eigenvalue weighted by Crippen LogP contribution is 2.33. The van der Waals surface area contributed by atoms with Crippen LogP contribution >= 0.6 is 0 Å². The van der Waals surface area contributed by atoms with Crippen LogP contribution in [-0.2, 0) is 15.7 Å². The van der Waals surface area contributed by atoms with Gasteiger partial charge in [-0.2, -0.15) is 13.2 Å². The van der Waals surface area contributed by atoms with Crippen molar-refractivity contribution >= 4 is 11.9 Å². The zero-order valence-corrected chi connectivity index (χ0v) is 10.8. The zero-order chi connectivity index (χ0) is 15.5. The maximum absolute atomic E-state index is 13.0. The first-order valence-corrected chi connectivity index (χ1v) is 5.72. The molecule has 1 aromatic rings. The fourth-order valence-corrected chi connectivity index (χ4v) is 1.61. The lowest BCUT2D eigenvalue weighted by Crippen LogP contribution is -2.30. The van der Waals surface area contributed by atoms with Crippen LogP contribution < -0.4 is 5.73 Å². The summed E-state index contributed by atoms with van der Waals surface area (Å²) in [5.74, 6) is -2.26. The third-order valence-electron chi connectivity index (χ3n) is 2.44. The van der Waals surface area contributed by atoms with Gasteiger partial charge in [0.05, 0.1) is 6.61 Å². The lowest BCUT2D eigenvalue weighted by atomic mass is 10.2. The summed E-state index contributed by atoms with van der Waals surface area (Å²) in [7, 11) is 0. The average Bonchev–Trinajstić information content (AvgIpc) is 2.74. The Kier molecular flexibility index (Phi) is 4.69. The van der Waals surface area contributed by atoms with Crippen LogP contribution in [0.3, 0.4) is 0 Å². The second kappa shape index (κ2) is 5.88. The third-order valence-corrected chi connectivity index (χ3v) is 2.44. The van der Waals surface area contributed by atoms with Crippen molar-refractivity contribution in [1.29, 1.82) is 0 Å². The minimum absolute atomic E-state index is 0.0238. The van der Waals surface area contributed by atoms with Crippen LogP contribution in [0.25, 0.3) is 0 Å². The highest BCUT2D eigenvalue weighted by molar-refractivity contribution is 5.88. The molecule has 10 heteroatoms. The number of primary amides is 1. The number of hydrogen-bond acceptors (Lipinski definition) is 5. The van der Waals surface area contributed by atoms with E-state index in [1.165, 1.54) is 13.8 Å². The SMILES string of the molecule is CCOC(=O)c1nnn(C(CC)C(N)=O)c1C(F)(F)F. The number of nitrogens with zero attached hydrogens (tertiary/aromatic N) is 3. The molecule has 1 unspecified atom stereocenters. The van der Waals surface area contributed by atoms with Crippen molar-refractivity contribution in [3.63, 3.8) is 0 Å². The first-order valence-electron chi connectivity index (χ1n) is 5.72. The third kappa shape index (κ3) is 3.06. The van der Waals surface area contributed by atoms with Gasteiger partial charge in [0.25, 0.3) is 0 Å². The van der Waals surface area contributed by atoms with Gasteiger partial charge in [0.15, 0.2) is 5.69 Å². The van der Waals surface area contributed by atoms with Gasteiger partial charge in [-0.05, 0) is 13.3 Å². The van der Waals surface area contributed by atoms with Crippen LogP contribution in [0, 0.1) is 0 Å². The van der Waals surface area contributed by atoms with Crippen LogP contribution in [0.15, 0.2) is 0 Å². The predicted octanol–water partition coefficient (Wildman–Crippen LogP) is 0.910. The van der Waals surface area contributed by atoms with Crippen LogP contribution in [0.4, 0.5) is 13.2 Å². The molecule has 1 aromatic heterocycles. The van der Waals surface area contributed by atoms with E-state index in [1.807, 2.05) is 0 Å². The number of alkyl halides is 3. The second-order valence-corrected chi connectivity index (χ2v) is 3.78. The number of carbonyl (C=O) groups excluding carboxylic acids is 2. The van der Waals surface area contributed by atoms with Crippen molar-refractivity contribution in [3.8, 4) is 0 Å². The molecule has 112 valence electrons. The summed E-state index contributed by atoms with van der Waals surface area (Å²) in [6, 6.07) is -1.35. The quantitative estimate of drug-likeness (QED) is 0.813. The number of ether oxygens (including phenoxy) is 1. The second-order valence-electron chi connectivity index (χ2n) is 3.78. The molecule has 0 aliphatic heterocycles. The number of amides is 1. The maximum atomic E-state index is 13.0. The molecule has 0 radical (unpaired) electrons. The van der Waals surface area contributed by atoms with Crippen molar-refractivity contribution in [2.45, 2.75) is 32.5 Å². The van der Waals surface area contributed by atoms with E-state index in [2.05, 4.69) is 15.0 Å². The monoisotopic (exact) mass is 294 g/mol. The van der Waals surface area contributed by atoms with Crippen LogP contribution in [-0.4, -0.2) is 33.5 Å².